The Balaban J connectivity index is 2.33. The van der Waals surface area contributed by atoms with Crippen LogP contribution < -0.4 is 5.32 Å². The first-order valence-electron chi connectivity index (χ1n) is 5.26. The van der Waals surface area contributed by atoms with E-state index in [-0.39, 0.29) is 12.1 Å². The van der Waals surface area contributed by atoms with E-state index in [0.717, 1.165) is 5.57 Å². The van der Waals surface area contributed by atoms with Crippen LogP contribution in [0.5, 0.6) is 0 Å². The fourth-order valence-electron chi connectivity index (χ4n) is 1.18. The van der Waals surface area contributed by atoms with Crippen molar-refractivity contribution in [3.8, 4) is 0 Å². The highest BCUT2D eigenvalue weighted by molar-refractivity contribution is 5.95. The second-order valence-electron chi connectivity index (χ2n) is 4.79. The van der Waals surface area contributed by atoms with Crippen molar-refractivity contribution in [1.82, 2.24) is 5.32 Å². The van der Waals surface area contributed by atoms with Gasteiger partial charge in [0.15, 0.2) is 0 Å². The lowest BCUT2D eigenvalue weighted by Crippen LogP contribution is -2.41. The summed E-state index contributed by atoms with van der Waals surface area (Å²) < 4.78 is 5.05. The van der Waals surface area contributed by atoms with Crippen LogP contribution in [0, 0.1) is 5.41 Å². The van der Waals surface area contributed by atoms with Crippen molar-refractivity contribution in [3.05, 3.63) is 23.8 Å². The molecule has 16 heavy (non-hydrogen) atoms. The number of nitrogens with one attached hydrogen (secondary N) is 2. The van der Waals surface area contributed by atoms with Crippen molar-refractivity contribution < 1.29 is 9.53 Å². The highest BCUT2D eigenvalue weighted by Gasteiger charge is 2.14. The zero-order valence-electron chi connectivity index (χ0n) is 9.96. The fourth-order valence-corrected chi connectivity index (χ4v) is 1.18. The van der Waals surface area contributed by atoms with E-state index in [0.29, 0.717) is 12.1 Å². The number of allylic oxidation sites excluding steroid dienone is 2. The SMILES string of the molecule is CC(C)(C)NC(=O)OCC1=CCC(=N)C=C1. The van der Waals surface area contributed by atoms with E-state index in [1.807, 2.05) is 26.8 Å². The molecule has 0 saturated carbocycles. The molecule has 2 N–H and O–H groups in total. The second-order valence-corrected chi connectivity index (χ2v) is 4.79. The van der Waals surface area contributed by atoms with E-state index in [1.165, 1.54) is 0 Å². The minimum atomic E-state index is -0.414. The number of carbonyl (C=O) groups is 1. The molecule has 0 aliphatic heterocycles. The average molecular weight is 222 g/mol. The Morgan fingerprint density at radius 2 is 2.19 bits per heavy atom. The first-order valence-corrected chi connectivity index (χ1v) is 5.26. The molecule has 1 aliphatic carbocycles. The number of amides is 1. The number of ether oxygens (including phenoxy) is 1. The third-order valence-corrected chi connectivity index (χ3v) is 1.93. The van der Waals surface area contributed by atoms with Crippen molar-refractivity contribution in [2.75, 3.05) is 6.61 Å². The summed E-state index contributed by atoms with van der Waals surface area (Å²) in [6.45, 7) is 5.95. The predicted molar refractivity (Wildman–Crippen MR) is 63.8 cm³/mol. The number of rotatable bonds is 2. The Morgan fingerprint density at radius 3 is 2.69 bits per heavy atom. The Labute approximate surface area is 95.9 Å². The fraction of sp³-hybridized carbons (Fsp3) is 0.500. The van der Waals surface area contributed by atoms with Crippen LogP contribution in [0.1, 0.15) is 27.2 Å². The van der Waals surface area contributed by atoms with Crippen molar-refractivity contribution in [1.29, 1.82) is 5.41 Å². The lowest BCUT2D eigenvalue weighted by Gasteiger charge is -2.20. The molecule has 0 heterocycles. The van der Waals surface area contributed by atoms with Crippen LogP contribution in [0.25, 0.3) is 0 Å². The van der Waals surface area contributed by atoms with Crippen LogP contribution in [-0.4, -0.2) is 24.0 Å². The second kappa shape index (κ2) is 4.96. The van der Waals surface area contributed by atoms with Gasteiger partial charge in [-0.2, -0.15) is 0 Å². The topological polar surface area (TPSA) is 62.2 Å². The number of hydrogen-bond acceptors (Lipinski definition) is 3. The summed E-state index contributed by atoms with van der Waals surface area (Å²) in [5.41, 5.74) is 1.22. The van der Waals surface area contributed by atoms with Gasteiger partial charge in [0.25, 0.3) is 0 Å². The standard InChI is InChI=1S/C12H18N2O2/c1-12(2,3)14-11(15)16-8-9-4-6-10(13)7-5-9/h4-6,13H,7-8H2,1-3H3,(H,14,15). The molecule has 0 fully saturated rings. The predicted octanol–water partition coefficient (Wildman–Crippen LogP) is 2.42. The number of alkyl carbamates (subject to hydrolysis) is 1. The van der Waals surface area contributed by atoms with Crippen molar-refractivity contribution in [3.63, 3.8) is 0 Å². The molecule has 0 atom stereocenters. The lowest BCUT2D eigenvalue weighted by atomic mass is 10.1. The molecule has 4 nitrogen and oxygen atoms in total. The molecule has 4 heteroatoms. The van der Waals surface area contributed by atoms with Crippen LogP contribution in [0.3, 0.4) is 0 Å². The summed E-state index contributed by atoms with van der Waals surface area (Å²) in [6, 6.07) is 0. The highest BCUT2D eigenvalue weighted by atomic mass is 16.5. The van der Waals surface area contributed by atoms with E-state index in [4.69, 9.17) is 10.1 Å². The molecule has 1 aliphatic rings. The largest absolute Gasteiger partial charge is 0.445 e. The number of carbonyl (C=O) groups excluding carboxylic acids is 1. The third-order valence-electron chi connectivity index (χ3n) is 1.93. The van der Waals surface area contributed by atoms with Crippen molar-refractivity contribution >= 4 is 11.8 Å². The molecule has 1 amide bonds. The molecule has 0 bridgehead atoms. The minimum absolute atomic E-state index is 0.256. The van der Waals surface area contributed by atoms with Gasteiger partial charge >= 0.3 is 6.09 Å². The van der Waals surface area contributed by atoms with Gasteiger partial charge in [0.2, 0.25) is 0 Å². The molecule has 0 aromatic rings. The minimum Gasteiger partial charge on any atom is -0.445 e. The van der Waals surface area contributed by atoms with Crippen LogP contribution in [-0.2, 0) is 4.74 Å². The van der Waals surface area contributed by atoms with Crippen molar-refractivity contribution in [2.45, 2.75) is 32.7 Å². The maximum Gasteiger partial charge on any atom is 0.407 e. The Kier molecular flexibility index (Phi) is 3.88. The first kappa shape index (κ1) is 12.5. The third kappa shape index (κ3) is 4.77. The summed E-state index contributed by atoms with van der Waals surface area (Å²) >= 11 is 0. The first-order chi connectivity index (χ1) is 7.37. The van der Waals surface area contributed by atoms with Gasteiger partial charge in [-0.3, -0.25) is 0 Å². The van der Waals surface area contributed by atoms with E-state index >= 15 is 0 Å². The van der Waals surface area contributed by atoms with Gasteiger partial charge in [-0.15, -0.1) is 0 Å². The molecule has 0 aromatic carbocycles. The molecule has 0 saturated heterocycles. The Hall–Kier alpha value is -1.58. The van der Waals surface area contributed by atoms with Gasteiger partial charge in [0.05, 0.1) is 0 Å². The van der Waals surface area contributed by atoms with Gasteiger partial charge in [0.1, 0.15) is 6.61 Å². The smallest absolute Gasteiger partial charge is 0.407 e. The zero-order valence-corrected chi connectivity index (χ0v) is 9.96. The summed E-state index contributed by atoms with van der Waals surface area (Å²) in [6.07, 6.45) is 5.61. The molecule has 0 radical (unpaired) electrons. The summed E-state index contributed by atoms with van der Waals surface area (Å²) in [5.74, 6) is 0. The van der Waals surface area contributed by atoms with Gasteiger partial charge in [0, 0.05) is 17.7 Å². The summed E-state index contributed by atoms with van der Waals surface area (Å²) in [7, 11) is 0. The van der Waals surface area contributed by atoms with Gasteiger partial charge < -0.3 is 15.5 Å². The lowest BCUT2D eigenvalue weighted by molar-refractivity contribution is 0.147. The van der Waals surface area contributed by atoms with E-state index in [2.05, 4.69) is 5.32 Å². The number of hydrogen-bond donors (Lipinski definition) is 2. The monoisotopic (exact) mass is 222 g/mol. The Morgan fingerprint density at radius 1 is 1.50 bits per heavy atom. The van der Waals surface area contributed by atoms with E-state index in [9.17, 15) is 4.79 Å². The zero-order chi connectivity index (χ0) is 12.2. The van der Waals surface area contributed by atoms with Crippen molar-refractivity contribution in [2.24, 2.45) is 0 Å². The van der Waals surface area contributed by atoms with Crippen LogP contribution >= 0.6 is 0 Å². The highest BCUT2D eigenvalue weighted by Crippen LogP contribution is 2.08. The quantitative estimate of drug-likeness (QED) is 0.753. The van der Waals surface area contributed by atoms with Crippen LogP contribution in [0.15, 0.2) is 23.8 Å². The molecule has 88 valence electrons. The van der Waals surface area contributed by atoms with Crippen LogP contribution in [0.4, 0.5) is 4.79 Å². The molecule has 0 aromatic heterocycles. The maximum absolute atomic E-state index is 11.3. The van der Waals surface area contributed by atoms with Gasteiger partial charge in [-0.05, 0) is 32.4 Å². The van der Waals surface area contributed by atoms with Crippen LogP contribution in [0.2, 0.25) is 0 Å². The maximum atomic E-state index is 11.3. The average Bonchev–Trinajstić information content (AvgIpc) is 2.14. The Bertz CT molecular complexity index is 349. The molecule has 0 unspecified atom stereocenters. The molecule has 1 rings (SSSR count). The summed E-state index contributed by atoms with van der Waals surface area (Å²) in [4.78, 5) is 11.3. The van der Waals surface area contributed by atoms with E-state index in [1.54, 1.807) is 12.2 Å². The molecule has 0 spiro atoms. The van der Waals surface area contributed by atoms with Gasteiger partial charge in [-0.25, -0.2) is 4.79 Å². The van der Waals surface area contributed by atoms with Gasteiger partial charge in [-0.1, -0.05) is 12.2 Å². The summed E-state index contributed by atoms with van der Waals surface area (Å²) in [5, 5.41) is 10.1. The normalized spacial score (nSPS) is 15.7. The molecular formula is C12H18N2O2. The molecular weight excluding hydrogens is 204 g/mol. The van der Waals surface area contributed by atoms with E-state index < -0.39 is 6.09 Å².